The molecule has 0 heterocycles. The summed E-state index contributed by atoms with van der Waals surface area (Å²) in [7, 11) is -4.03. The molecule has 0 saturated heterocycles. The molecule has 0 bridgehead atoms. The van der Waals surface area contributed by atoms with Crippen LogP contribution in [0.25, 0.3) is 0 Å². The minimum atomic E-state index is -4.03. The highest BCUT2D eigenvalue weighted by Crippen LogP contribution is 2.30. The molecular formula is C11H12Cl2N2O3S. The topological polar surface area (TPSA) is 89.3 Å². The van der Waals surface area contributed by atoms with E-state index >= 15 is 0 Å². The van der Waals surface area contributed by atoms with Gasteiger partial charge < -0.3 is 5.32 Å². The molecule has 5 nitrogen and oxygen atoms in total. The molecule has 0 aromatic heterocycles. The molecule has 1 aliphatic carbocycles. The molecule has 0 unspecified atom stereocenters. The minimum absolute atomic E-state index is 0.0213. The number of carbonyl (C=O) groups is 1. The molecule has 8 heteroatoms. The fraction of sp³-hybridized carbons (Fsp3) is 0.364. The van der Waals surface area contributed by atoms with Crippen LogP contribution in [-0.4, -0.2) is 20.4 Å². The highest BCUT2D eigenvalue weighted by Gasteiger charge is 2.23. The normalized spacial score (nSPS) is 15.9. The summed E-state index contributed by atoms with van der Waals surface area (Å²) in [5.41, 5.74) is 0.130. The van der Waals surface area contributed by atoms with Gasteiger partial charge in [0, 0.05) is 11.6 Å². The van der Waals surface area contributed by atoms with Crippen LogP contribution in [-0.2, 0) is 10.0 Å². The molecule has 0 aliphatic heterocycles. The Balaban J connectivity index is 2.36. The Morgan fingerprint density at radius 1 is 1.32 bits per heavy atom. The number of hydrogen-bond acceptors (Lipinski definition) is 3. The largest absolute Gasteiger partial charge is 0.349 e. The second kappa shape index (κ2) is 5.28. The molecule has 0 radical (unpaired) electrons. The molecule has 1 aromatic carbocycles. The summed E-state index contributed by atoms with van der Waals surface area (Å²) >= 11 is 11.6. The minimum Gasteiger partial charge on any atom is -0.349 e. The Bertz CT molecular complexity index is 627. The Morgan fingerprint density at radius 3 is 2.42 bits per heavy atom. The zero-order valence-electron chi connectivity index (χ0n) is 9.82. The number of halogens is 2. The molecule has 1 fully saturated rings. The first-order chi connectivity index (χ1) is 8.79. The van der Waals surface area contributed by atoms with Gasteiger partial charge in [0.1, 0.15) is 4.90 Å². The van der Waals surface area contributed by atoms with Gasteiger partial charge in [-0.1, -0.05) is 23.2 Å². The highest BCUT2D eigenvalue weighted by atomic mass is 35.5. The van der Waals surface area contributed by atoms with Crippen LogP contribution in [0.15, 0.2) is 17.0 Å². The van der Waals surface area contributed by atoms with Crippen molar-refractivity contribution in [1.82, 2.24) is 5.32 Å². The van der Waals surface area contributed by atoms with E-state index in [1.54, 1.807) is 0 Å². The number of primary sulfonamides is 1. The van der Waals surface area contributed by atoms with Crippen LogP contribution in [0.4, 0.5) is 0 Å². The number of hydrogen-bond donors (Lipinski definition) is 2. The van der Waals surface area contributed by atoms with Gasteiger partial charge in [-0.15, -0.1) is 0 Å². The molecule has 0 spiro atoms. The lowest BCUT2D eigenvalue weighted by Gasteiger charge is -2.26. The number of carbonyl (C=O) groups excluding carboxylic acids is 1. The molecule has 0 atom stereocenters. The van der Waals surface area contributed by atoms with Gasteiger partial charge >= 0.3 is 0 Å². The number of nitrogens with one attached hydrogen (secondary N) is 1. The van der Waals surface area contributed by atoms with Crippen molar-refractivity contribution in [3.8, 4) is 0 Å². The quantitative estimate of drug-likeness (QED) is 0.890. The predicted molar refractivity (Wildman–Crippen MR) is 72.9 cm³/mol. The molecule has 2 rings (SSSR count). The maximum atomic E-state index is 11.9. The van der Waals surface area contributed by atoms with Crippen molar-refractivity contribution in [2.75, 3.05) is 0 Å². The summed E-state index contributed by atoms with van der Waals surface area (Å²) < 4.78 is 22.7. The van der Waals surface area contributed by atoms with Gasteiger partial charge in [0.2, 0.25) is 10.0 Å². The van der Waals surface area contributed by atoms with Crippen molar-refractivity contribution < 1.29 is 13.2 Å². The Hall–Kier alpha value is -0.820. The van der Waals surface area contributed by atoms with Crippen LogP contribution in [0, 0.1) is 0 Å². The SMILES string of the molecule is NS(=O)(=O)c1cc(C(=O)NC2CCC2)cc(Cl)c1Cl. The van der Waals surface area contributed by atoms with Gasteiger partial charge in [0.25, 0.3) is 5.91 Å². The summed E-state index contributed by atoms with van der Waals surface area (Å²) in [6, 6.07) is 2.60. The zero-order chi connectivity index (χ0) is 14.2. The summed E-state index contributed by atoms with van der Waals surface area (Å²) in [5, 5.41) is 7.62. The molecule has 104 valence electrons. The van der Waals surface area contributed by atoms with E-state index < -0.39 is 10.0 Å². The van der Waals surface area contributed by atoms with E-state index in [1.165, 1.54) is 6.07 Å². The van der Waals surface area contributed by atoms with E-state index in [-0.39, 0.29) is 32.5 Å². The molecule has 3 N–H and O–H groups in total. The third kappa shape index (κ3) is 3.20. The van der Waals surface area contributed by atoms with Crippen LogP contribution >= 0.6 is 23.2 Å². The maximum Gasteiger partial charge on any atom is 0.251 e. The zero-order valence-corrected chi connectivity index (χ0v) is 12.1. The van der Waals surface area contributed by atoms with Gasteiger partial charge in [-0.05, 0) is 31.4 Å². The summed E-state index contributed by atoms with van der Waals surface area (Å²) in [5.74, 6) is -0.381. The lowest BCUT2D eigenvalue weighted by molar-refractivity contribution is 0.0917. The average molecular weight is 323 g/mol. The van der Waals surface area contributed by atoms with Crippen molar-refractivity contribution in [3.63, 3.8) is 0 Å². The van der Waals surface area contributed by atoms with Crippen molar-refractivity contribution >= 4 is 39.1 Å². The third-order valence-electron chi connectivity index (χ3n) is 3.00. The second-order valence-electron chi connectivity index (χ2n) is 4.42. The van der Waals surface area contributed by atoms with Crippen LogP contribution in [0.3, 0.4) is 0 Å². The molecular weight excluding hydrogens is 311 g/mol. The number of sulfonamides is 1. The number of nitrogens with two attached hydrogens (primary N) is 1. The van der Waals surface area contributed by atoms with Crippen molar-refractivity contribution in [2.24, 2.45) is 5.14 Å². The highest BCUT2D eigenvalue weighted by molar-refractivity contribution is 7.89. The molecule has 1 amide bonds. The molecule has 1 aromatic rings. The Labute approximate surface area is 121 Å². The van der Waals surface area contributed by atoms with E-state index in [1.807, 2.05) is 0 Å². The van der Waals surface area contributed by atoms with Gasteiger partial charge in [0.05, 0.1) is 10.0 Å². The average Bonchev–Trinajstić information content (AvgIpc) is 2.25. The molecule has 1 saturated carbocycles. The van der Waals surface area contributed by atoms with E-state index in [2.05, 4.69) is 5.32 Å². The fourth-order valence-electron chi connectivity index (χ4n) is 1.72. The van der Waals surface area contributed by atoms with Crippen molar-refractivity contribution in [1.29, 1.82) is 0 Å². The molecule has 19 heavy (non-hydrogen) atoms. The lowest BCUT2D eigenvalue weighted by atomic mass is 9.93. The molecule has 1 aliphatic rings. The maximum absolute atomic E-state index is 11.9. The summed E-state index contributed by atoms with van der Waals surface area (Å²) in [4.78, 5) is 11.6. The van der Waals surface area contributed by atoms with Gasteiger partial charge in [-0.2, -0.15) is 0 Å². The fourth-order valence-corrected chi connectivity index (χ4v) is 3.08. The van der Waals surface area contributed by atoms with Crippen LogP contribution < -0.4 is 10.5 Å². The van der Waals surface area contributed by atoms with Gasteiger partial charge in [-0.3, -0.25) is 4.79 Å². The number of benzene rings is 1. The first-order valence-corrected chi connectivity index (χ1v) is 7.92. The standard InChI is InChI=1S/C11H12Cl2N2O3S/c12-8-4-6(11(16)15-7-2-1-3-7)5-9(10(8)13)19(14,17)18/h4-5,7H,1-3H2,(H,15,16)(H2,14,17,18). The summed E-state index contributed by atoms with van der Waals surface area (Å²) in [6.45, 7) is 0. The van der Waals surface area contributed by atoms with E-state index in [0.29, 0.717) is 0 Å². The van der Waals surface area contributed by atoms with Crippen molar-refractivity contribution in [2.45, 2.75) is 30.2 Å². The van der Waals surface area contributed by atoms with Gasteiger partial charge in [-0.25, -0.2) is 13.6 Å². The van der Waals surface area contributed by atoms with Gasteiger partial charge in [0.15, 0.2) is 0 Å². The predicted octanol–water partition coefficient (Wildman–Crippen LogP) is 1.92. The number of rotatable bonds is 3. The smallest absolute Gasteiger partial charge is 0.251 e. The van der Waals surface area contributed by atoms with Crippen LogP contribution in [0.1, 0.15) is 29.6 Å². The Morgan fingerprint density at radius 2 is 1.95 bits per heavy atom. The second-order valence-corrected chi connectivity index (χ2v) is 6.73. The summed E-state index contributed by atoms with van der Waals surface area (Å²) in [6.07, 6.45) is 2.93. The van der Waals surface area contributed by atoms with E-state index in [9.17, 15) is 13.2 Å². The third-order valence-corrected chi connectivity index (χ3v) is 4.85. The van der Waals surface area contributed by atoms with Crippen LogP contribution in [0.5, 0.6) is 0 Å². The number of amides is 1. The Kier molecular flexibility index (Phi) is 4.06. The van der Waals surface area contributed by atoms with Crippen molar-refractivity contribution in [3.05, 3.63) is 27.7 Å². The monoisotopic (exact) mass is 322 g/mol. The first-order valence-electron chi connectivity index (χ1n) is 5.62. The van der Waals surface area contributed by atoms with E-state index in [4.69, 9.17) is 28.3 Å². The lowest BCUT2D eigenvalue weighted by Crippen LogP contribution is -2.39. The van der Waals surface area contributed by atoms with Crippen LogP contribution in [0.2, 0.25) is 10.0 Å². The first kappa shape index (κ1) is 14.6. The van der Waals surface area contributed by atoms with E-state index in [0.717, 1.165) is 25.3 Å².